The third kappa shape index (κ3) is 2.09. The molecule has 2 unspecified atom stereocenters. The summed E-state index contributed by atoms with van der Waals surface area (Å²) in [6.45, 7) is 2.10. The molecule has 0 radical (unpaired) electrons. The van der Waals surface area contributed by atoms with Gasteiger partial charge in [0.1, 0.15) is 0 Å². The van der Waals surface area contributed by atoms with Gasteiger partial charge in [0.2, 0.25) is 0 Å². The molecule has 1 aromatic heterocycles. The van der Waals surface area contributed by atoms with E-state index in [0.29, 0.717) is 12.2 Å². The molecule has 0 bridgehead atoms. The monoisotopic (exact) mass is 258 g/mol. The van der Waals surface area contributed by atoms with Gasteiger partial charge in [-0.05, 0) is 41.0 Å². The maximum atomic E-state index is 10.9. The van der Waals surface area contributed by atoms with Crippen LogP contribution in [0.15, 0.2) is 24.3 Å². The van der Waals surface area contributed by atoms with E-state index in [9.17, 15) is 4.79 Å². The molecule has 98 valence electrons. The van der Waals surface area contributed by atoms with E-state index in [1.165, 1.54) is 5.56 Å². The quantitative estimate of drug-likeness (QED) is 0.896. The fourth-order valence-corrected chi connectivity index (χ4v) is 2.24. The summed E-state index contributed by atoms with van der Waals surface area (Å²) in [5.41, 5.74) is 2.11. The minimum Gasteiger partial charge on any atom is -0.481 e. The summed E-state index contributed by atoms with van der Waals surface area (Å²) in [4.78, 5) is 10.9. The number of rotatable bonds is 4. The minimum atomic E-state index is -0.777. The highest BCUT2D eigenvalue weighted by Crippen LogP contribution is 2.46. The van der Waals surface area contributed by atoms with Crippen molar-refractivity contribution in [1.82, 2.24) is 20.2 Å². The van der Waals surface area contributed by atoms with Crippen molar-refractivity contribution in [3.63, 3.8) is 0 Å². The van der Waals surface area contributed by atoms with Crippen LogP contribution in [0.5, 0.6) is 0 Å². The maximum Gasteiger partial charge on any atom is 0.307 e. The summed E-state index contributed by atoms with van der Waals surface area (Å²) >= 11 is 0. The maximum absolute atomic E-state index is 10.9. The van der Waals surface area contributed by atoms with E-state index < -0.39 is 5.97 Å². The van der Waals surface area contributed by atoms with Crippen molar-refractivity contribution in [1.29, 1.82) is 0 Å². The molecule has 3 rings (SSSR count). The lowest BCUT2D eigenvalue weighted by Gasteiger charge is -2.04. The standard InChI is InChI=1S/C13H14N4O2/c1-2-8-3-5-9(6-4-8)17-12(14-15-16-17)10-7-11(10)13(18)19/h3-6,10-11H,2,7H2,1H3,(H,18,19). The topological polar surface area (TPSA) is 80.9 Å². The van der Waals surface area contributed by atoms with Crippen LogP contribution < -0.4 is 0 Å². The van der Waals surface area contributed by atoms with Crippen molar-refractivity contribution < 1.29 is 9.90 Å². The van der Waals surface area contributed by atoms with Crippen molar-refractivity contribution in [2.75, 3.05) is 0 Å². The van der Waals surface area contributed by atoms with Crippen LogP contribution in [0.25, 0.3) is 5.69 Å². The second-order valence-electron chi connectivity index (χ2n) is 4.76. The van der Waals surface area contributed by atoms with Crippen LogP contribution in [0.4, 0.5) is 0 Å². The largest absolute Gasteiger partial charge is 0.481 e. The Kier molecular flexibility index (Phi) is 2.77. The molecular formula is C13H14N4O2. The molecule has 1 aromatic carbocycles. The first kappa shape index (κ1) is 11.8. The normalized spacial score (nSPS) is 21.3. The Morgan fingerprint density at radius 2 is 2.16 bits per heavy atom. The number of carboxylic acids is 1. The number of benzene rings is 1. The lowest BCUT2D eigenvalue weighted by atomic mass is 10.1. The number of aryl methyl sites for hydroxylation is 1. The molecule has 1 aliphatic carbocycles. The van der Waals surface area contributed by atoms with E-state index in [1.807, 2.05) is 24.3 Å². The van der Waals surface area contributed by atoms with Gasteiger partial charge in [0.25, 0.3) is 0 Å². The van der Waals surface area contributed by atoms with Crippen LogP contribution in [-0.4, -0.2) is 31.3 Å². The number of aliphatic carboxylic acids is 1. The van der Waals surface area contributed by atoms with Crippen molar-refractivity contribution in [2.45, 2.75) is 25.7 Å². The second-order valence-corrected chi connectivity index (χ2v) is 4.76. The average Bonchev–Trinajstić information content (AvgIpc) is 3.09. The molecule has 1 aliphatic rings. The molecule has 19 heavy (non-hydrogen) atoms. The van der Waals surface area contributed by atoms with Gasteiger partial charge >= 0.3 is 5.97 Å². The van der Waals surface area contributed by atoms with Gasteiger partial charge in [-0.25, -0.2) is 0 Å². The van der Waals surface area contributed by atoms with E-state index >= 15 is 0 Å². The Morgan fingerprint density at radius 3 is 2.74 bits per heavy atom. The first-order valence-electron chi connectivity index (χ1n) is 6.31. The predicted molar refractivity (Wildman–Crippen MR) is 67.0 cm³/mol. The van der Waals surface area contributed by atoms with Gasteiger partial charge in [0.15, 0.2) is 5.82 Å². The number of carboxylic acid groups (broad SMARTS) is 1. The van der Waals surface area contributed by atoms with Gasteiger partial charge < -0.3 is 5.11 Å². The van der Waals surface area contributed by atoms with Crippen LogP contribution >= 0.6 is 0 Å². The number of nitrogens with zero attached hydrogens (tertiary/aromatic N) is 4. The zero-order valence-electron chi connectivity index (χ0n) is 10.5. The smallest absolute Gasteiger partial charge is 0.307 e. The lowest BCUT2D eigenvalue weighted by Crippen LogP contribution is -2.05. The zero-order valence-corrected chi connectivity index (χ0v) is 10.5. The minimum absolute atomic E-state index is 0.0710. The number of hydrogen-bond acceptors (Lipinski definition) is 4. The predicted octanol–water partition coefficient (Wildman–Crippen LogP) is 1.41. The first-order chi connectivity index (χ1) is 9.20. The van der Waals surface area contributed by atoms with Gasteiger partial charge in [-0.3, -0.25) is 4.79 Å². The highest BCUT2D eigenvalue weighted by atomic mass is 16.4. The second kappa shape index (κ2) is 4.46. The Labute approximate surface area is 110 Å². The SMILES string of the molecule is CCc1ccc(-n2nnnc2C2CC2C(=O)O)cc1. The Morgan fingerprint density at radius 1 is 1.42 bits per heavy atom. The van der Waals surface area contributed by atoms with E-state index in [4.69, 9.17) is 5.11 Å². The summed E-state index contributed by atoms with van der Waals surface area (Å²) in [7, 11) is 0. The van der Waals surface area contributed by atoms with Crippen molar-refractivity contribution >= 4 is 5.97 Å². The summed E-state index contributed by atoms with van der Waals surface area (Å²) in [6, 6.07) is 7.97. The Hall–Kier alpha value is -2.24. The fourth-order valence-electron chi connectivity index (χ4n) is 2.24. The molecule has 1 saturated carbocycles. The number of tetrazole rings is 1. The lowest BCUT2D eigenvalue weighted by molar-refractivity contribution is -0.138. The molecule has 2 atom stereocenters. The van der Waals surface area contributed by atoms with Crippen LogP contribution in [0.1, 0.15) is 30.7 Å². The number of hydrogen-bond donors (Lipinski definition) is 1. The van der Waals surface area contributed by atoms with Crippen molar-refractivity contribution in [3.8, 4) is 5.69 Å². The fraction of sp³-hybridized carbons (Fsp3) is 0.385. The Balaban J connectivity index is 1.89. The van der Waals surface area contributed by atoms with Crippen molar-refractivity contribution in [2.24, 2.45) is 5.92 Å². The van der Waals surface area contributed by atoms with Gasteiger partial charge in [-0.2, -0.15) is 4.68 Å². The molecule has 0 aliphatic heterocycles. The molecule has 0 saturated heterocycles. The first-order valence-corrected chi connectivity index (χ1v) is 6.31. The average molecular weight is 258 g/mol. The number of carbonyl (C=O) groups is 1. The van der Waals surface area contributed by atoms with Crippen LogP contribution in [-0.2, 0) is 11.2 Å². The van der Waals surface area contributed by atoms with Gasteiger partial charge in [0.05, 0.1) is 11.6 Å². The van der Waals surface area contributed by atoms with Gasteiger partial charge in [-0.1, -0.05) is 19.1 Å². The van der Waals surface area contributed by atoms with Gasteiger partial charge in [0, 0.05) is 5.92 Å². The van der Waals surface area contributed by atoms with Crippen LogP contribution in [0.3, 0.4) is 0 Å². The van der Waals surface area contributed by atoms with E-state index in [1.54, 1.807) is 4.68 Å². The van der Waals surface area contributed by atoms with Crippen molar-refractivity contribution in [3.05, 3.63) is 35.7 Å². The van der Waals surface area contributed by atoms with E-state index in [0.717, 1.165) is 12.1 Å². The summed E-state index contributed by atoms with van der Waals surface area (Å²) in [6.07, 6.45) is 1.59. The molecular weight excluding hydrogens is 244 g/mol. The molecule has 6 heteroatoms. The third-order valence-electron chi connectivity index (χ3n) is 3.52. The summed E-state index contributed by atoms with van der Waals surface area (Å²) in [5, 5.41) is 20.6. The van der Waals surface area contributed by atoms with E-state index in [-0.39, 0.29) is 11.8 Å². The highest BCUT2D eigenvalue weighted by molar-refractivity contribution is 5.74. The third-order valence-corrected chi connectivity index (χ3v) is 3.52. The highest BCUT2D eigenvalue weighted by Gasteiger charge is 2.47. The molecule has 2 aromatic rings. The molecule has 1 N–H and O–H groups in total. The van der Waals surface area contributed by atoms with Crippen LogP contribution in [0, 0.1) is 5.92 Å². The molecule has 0 amide bonds. The Bertz CT molecular complexity index is 605. The molecule has 1 heterocycles. The molecule has 6 nitrogen and oxygen atoms in total. The van der Waals surface area contributed by atoms with Crippen LogP contribution in [0.2, 0.25) is 0 Å². The summed E-state index contributed by atoms with van der Waals surface area (Å²) in [5.74, 6) is -0.560. The zero-order chi connectivity index (χ0) is 13.4. The van der Waals surface area contributed by atoms with Gasteiger partial charge in [-0.15, -0.1) is 5.10 Å². The summed E-state index contributed by atoms with van der Waals surface area (Å²) < 4.78 is 1.63. The number of aromatic nitrogens is 4. The molecule has 0 spiro atoms. The molecule has 1 fully saturated rings. The van der Waals surface area contributed by atoms with E-state index in [2.05, 4.69) is 22.4 Å².